The van der Waals surface area contributed by atoms with E-state index in [1.807, 2.05) is 6.92 Å². The molecule has 2 N–H and O–H groups in total. The maximum absolute atomic E-state index is 11.9. The first-order valence-corrected chi connectivity index (χ1v) is 7.65. The average Bonchev–Trinajstić information content (AvgIpc) is 2.95. The quantitative estimate of drug-likeness (QED) is 0.890. The fourth-order valence-corrected chi connectivity index (χ4v) is 3.24. The van der Waals surface area contributed by atoms with E-state index in [1.165, 1.54) is 21.8 Å². The molecule has 7 heteroatoms. The number of nitrogens with zero attached hydrogens (tertiary/aromatic N) is 2. The number of amides is 1. The number of anilines is 1. The molecule has 0 aliphatic heterocycles. The Hall–Kier alpha value is -1.47. The maximum Gasteiger partial charge on any atom is 0.282 e. The molecule has 0 aliphatic rings. The van der Waals surface area contributed by atoms with Gasteiger partial charge in [-0.3, -0.25) is 4.79 Å². The van der Waals surface area contributed by atoms with Crippen LogP contribution < -0.4 is 10.6 Å². The summed E-state index contributed by atoms with van der Waals surface area (Å²) in [6.45, 7) is 7.43. The maximum atomic E-state index is 11.9. The molecule has 2 aromatic rings. The topological polar surface area (TPSA) is 66.9 Å². The molecule has 0 saturated carbocycles. The van der Waals surface area contributed by atoms with Gasteiger partial charge in [0.1, 0.15) is 0 Å². The highest BCUT2D eigenvalue weighted by Gasteiger charge is 2.12. The Bertz CT molecular complexity index is 557. The van der Waals surface area contributed by atoms with Crippen LogP contribution in [0, 0.1) is 13.8 Å². The van der Waals surface area contributed by atoms with Gasteiger partial charge in [-0.2, -0.15) is 0 Å². The fourth-order valence-electron chi connectivity index (χ4n) is 1.52. The van der Waals surface area contributed by atoms with Crippen LogP contribution in [0.3, 0.4) is 0 Å². The van der Waals surface area contributed by atoms with Crippen molar-refractivity contribution in [3.05, 3.63) is 26.4 Å². The van der Waals surface area contributed by atoms with Crippen LogP contribution in [0.4, 0.5) is 5.13 Å². The lowest BCUT2D eigenvalue weighted by Crippen LogP contribution is -2.22. The fraction of sp³-hybridized carbons (Fsp3) is 0.417. The molecule has 5 nitrogen and oxygen atoms in total. The Labute approximate surface area is 120 Å². The predicted octanol–water partition coefficient (Wildman–Crippen LogP) is 2.58. The van der Waals surface area contributed by atoms with Crippen molar-refractivity contribution in [3.63, 3.8) is 0 Å². The lowest BCUT2D eigenvalue weighted by Gasteiger charge is -1.99. The molecule has 1 amide bonds. The van der Waals surface area contributed by atoms with Crippen molar-refractivity contribution in [2.75, 3.05) is 11.9 Å². The third-order valence-electron chi connectivity index (χ3n) is 2.59. The molecular weight excluding hydrogens is 280 g/mol. The summed E-state index contributed by atoms with van der Waals surface area (Å²) in [5, 5.41) is 14.7. The van der Waals surface area contributed by atoms with Gasteiger partial charge < -0.3 is 10.6 Å². The molecule has 0 bridgehead atoms. The summed E-state index contributed by atoms with van der Waals surface area (Å²) in [6.07, 6.45) is 0. The summed E-state index contributed by atoms with van der Waals surface area (Å²) in [4.78, 5) is 14.3. The van der Waals surface area contributed by atoms with E-state index in [2.05, 4.69) is 40.7 Å². The number of hydrogen-bond donors (Lipinski definition) is 2. The molecular formula is C12H16N4OS2. The number of rotatable bonds is 5. The Balaban J connectivity index is 1.93. The van der Waals surface area contributed by atoms with Crippen LogP contribution in [0.1, 0.15) is 32.0 Å². The monoisotopic (exact) mass is 296 g/mol. The van der Waals surface area contributed by atoms with Crippen molar-refractivity contribution in [2.45, 2.75) is 27.3 Å². The standard InChI is InChI=1S/C12H16N4OS2/c1-4-13-12-16-15-11(19-12)10(17)14-6-9-5-7(2)8(3)18-9/h5H,4,6H2,1-3H3,(H,13,16)(H,14,17). The van der Waals surface area contributed by atoms with E-state index in [-0.39, 0.29) is 5.91 Å². The van der Waals surface area contributed by atoms with Crippen LogP contribution in [0.5, 0.6) is 0 Å². The summed E-state index contributed by atoms with van der Waals surface area (Å²) in [5.41, 5.74) is 1.26. The molecule has 0 atom stereocenters. The van der Waals surface area contributed by atoms with E-state index in [1.54, 1.807) is 11.3 Å². The van der Waals surface area contributed by atoms with E-state index >= 15 is 0 Å². The zero-order chi connectivity index (χ0) is 13.8. The summed E-state index contributed by atoms with van der Waals surface area (Å²) in [5.74, 6) is -0.176. The highest BCUT2D eigenvalue weighted by atomic mass is 32.1. The minimum absolute atomic E-state index is 0.176. The summed E-state index contributed by atoms with van der Waals surface area (Å²) >= 11 is 2.97. The summed E-state index contributed by atoms with van der Waals surface area (Å²) < 4.78 is 0. The van der Waals surface area contributed by atoms with Gasteiger partial charge in [-0.1, -0.05) is 11.3 Å². The van der Waals surface area contributed by atoms with Crippen molar-refractivity contribution >= 4 is 33.7 Å². The first-order valence-electron chi connectivity index (χ1n) is 6.01. The second-order valence-corrected chi connectivity index (χ2v) is 6.40. The SMILES string of the molecule is CCNc1nnc(C(=O)NCc2cc(C)c(C)s2)s1. The van der Waals surface area contributed by atoms with E-state index in [0.717, 1.165) is 11.4 Å². The molecule has 0 aliphatic carbocycles. The molecule has 0 aromatic carbocycles. The number of carbonyl (C=O) groups excluding carboxylic acids is 1. The molecule has 2 aromatic heterocycles. The van der Waals surface area contributed by atoms with Crippen LogP contribution >= 0.6 is 22.7 Å². The zero-order valence-corrected chi connectivity index (χ0v) is 12.7. The molecule has 0 unspecified atom stereocenters. The van der Waals surface area contributed by atoms with Crippen LogP contribution in [-0.4, -0.2) is 22.6 Å². The minimum atomic E-state index is -0.176. The predicted molar refractivity (Wildman–Crippen MR) is 79.0 cm³/mol. The first-order chi connectivity index (χ1) is 9.10. The molecule has 19 heavy (non-hydrogen) atoms. The van der Waals surface area contributed by atoms with Crippen molar-refractivity contribution in [2.24, 2.45) is 0 Å². The number of carbonyl (C=O) groups is 1. The number of hydrogen-bond acceptors (Lipinski definition) is 6. The normalized spacial score (nSPS) is 10.5. The Morgan fingerprint density at radius 1 is 1.32 bits per heavy atom. The van der Waals surface area contributed by atoms with Gasteiger partial charge >= 0.3 is 0 Å². The minimum Gasteiger partial charge on any atom is -0.360 e. The summed E-state index contributed by atoms with van der Waals surface area (Å²) in [7, 11) is 0. The van der Waals surface area contributed by atoms with Crippen LogP contribution in [0.25, 0.3) is 0 Å². The van der Waals surface area contributed by atoms with Gasteiger partial charge in [0.05, 0.1) is 6.54 Å². The smallest absolute Gasteiger partial charge is 0.282 e. The van der Waals surface area contributed by atoms with Gasteiger partial charge in [0.25, 0.3) is 5.91 Å². The molecule has 0 radical (unpaired) electrons. The molecule has 0 fully saturated rings. The van der Waals surface area contributed by atoms with E-state index in [0.29, 0.717) is 16.7 Å². The van der Waals surface area contributed by atoms with Crippen LogP contribution in [0.2, 0.25) is 0 Å². The highest BCUT2D eigenvalue weighted by molar-refractivity contribution is 7.17. The van der Waals surface area contributed by atoms with Gasteiger partial charge in [0.2, 0.25) is 10.1 Å². The number of aryl methyl sites for hydroxylation is 2. The van der Waals surface area contributed by atoms with Gasteiger partial charge in [-0.25, -0.2) is 0 Å². The number of thiophene rings is 1. The second kappa shape index (κ2) is 6.12. The summed E-state index contributed by atoms with van der Waals surface area (Å²) in [6, 6.07) is 2.10. The van der Waals surface area contributed by atoms with Crippen LogP contribution in [0.15, 0.2) is 6.07 Å². The van der Waals surface area contributed by atoms with Crippen molar-refractivity contribution in [3.8, 4) is 0 Å². The Morgan fingerprint density at radius 2 is 2.11 bits per heavy atom. The van der Waals surface area contributed by atoms with E-state index in [4.69, 9.17) is 0 Å². The average molecular weight is 296 g/mol. The second-order valence-electron chi connectivity index (χ2n) is 4.08. The first kappa shape index (κ1) is 14.0. The molecule has 2 heterocycles. The molecule has 2 rings (SSSR count). The number of nitrogens with one attached hydrogen (secondary N) is 2. The van der Waals surface area contributed by atoms with Gasteiger partial charge in [-0.15, -0.1) is 21.5 Å². The third kappa shape index (κ3) is 3.51. The lowest BCUT2D eigenvalue weighted by molar-refractivity contribution is 0.0950. The zero-order valence-electron chi connectivity index (χ0n) is 11.1. The van der Waals surface area contributed by atoms with Crippen molar-refractivity contribution in [1.82, 2.24) is 15.5 Å². The van der Waals surface area contributed by atoms with Gasteiger partial charge in [0, 0.05) is 16.3 Å². The van der Waals surface area contributed by atoms with Crippen LogP contribution in [-0.2, 0) is 6.54 Å². The molecule has 0 saturated heterocycles. The van der Waals surface area contributed by atoms with E-state index in [9.17, 15) is 4.79 Å². The Morgan fingerprint density at radius 3 is 2.74 bits per heavy atom. The third-order valence-corrected chi connectivity index (χ3v) is 4.62. The number of aromatic nitrogens is 2. The van der Waals surface area contributed by atoms with Crippen molar-refractivity contribution in [1.29, 1.82) is 0 Å². The van der Waals surface area contributed by atoms with E-state index < -0.39 is 0 Å². The lowest BCUT2D eigenvalue weighted by atomic mass is 10.3. The van der Waals surface area contributed by atoms with Crippen molar-refractivity contribution < 1.29 is 4.79 Å². The Kier molecular flexibility index (Phi) is 4.49. The van der Waals surface area contributed by atoms with Gasteiger partial charge in [-0.05, 0) is 32.4 Å². The molecule has 102 valence electrons. The van der Waals surface area contributed by atoms with Gasteiger partial charge in [0.15, 0.2) is 0 Å². The molecule has 0 spiro atoms. The highest BCUT2D eigenvalue weighted by Crippen LogP contribution is 2.20. The largest absolute Gasteiger partial charge is 0.360 e.